The van der Waals surface area contributed by atoms with Gasteiger partial charge in [-0.15, -0.1) is 0 Å². The number of nitrogens with one attached hydrogen (secondary N) is 2. The van der Waals surface area contributed by atoms with Gasteiger partial charge >= 0.3 is 0 Å². The zero-order chi connectivity index (χ0) is 17.3. The van der Waals surface area contributed by atoms with Crippen LogP contribution >= 0.6 is 0 Å². The summed E-state index contributed by atoms with van der Waals surface area (Å²) in [6, 6.07) is 8.75. The number of hydrogen-bond donors (Lipinski definition) is 2. The number of benzene rings is 1. The minimum atomic E-state index is 0.790. The second kappa shape index (κ2) is 9.47. The van der Waals surface area contributed by atoms with E-state index in [1.54, 1.807) is 0 Å². The molecule has 1 fully saturated rings. The summed E-state index contributed by atoms with van der Waals surface area (Å²) in [5, 5.41) is 6.86. The highest BCUT2D eigenvalue weighted by atomic mass is 15.2. The van der Waals surface area contributed by atoms with Gasteiger partial charge in [-0.2, -0.15) is 0 Å². The lowest BCUT2D eigenvalue weighted by Crippen LogP contribution is -2.42. The van der Waals surface area contributed by atoms with Crippen LogP contribution in [0.15, 0.2) is 41.4 Å². The summed E-state index contributed by atoms with van der Waals surface area (Å²) in [6.07, 6.45) is 8.52. The first kappa shape index (κ1) is 17.8. The van der Waals surface area contributed by atoms with E-state index >= 15 is 0 Å². The Morgan fingerprint density at radius 1 is 1.08 bits per heavy atom. The predicted octanol–water partition coefficient (Wildman–Crippen LogP) is 2.21. The Morgan fingerprint density at radius 2 is 1.88 bits per heavy atom. The van der Waals surface area contributed by atoms with Crippen molar-refractivity contribution in [2.45, 2.75) is 25.8 Å². The predicted molar refractivity (Wildman–Crippen MR) is 106 cm³/mol. The molecule has 0 spiro atoms. The third-order valence-electron chi connectivity index (χ3n) is 4.95. The topological polar surface area (TPSA) is 42.9 Å². The molecule has 0 radical (unpaired) electrons. The molecule has 136 valence electrons. The lowest BCUT2D eigenvalue weighted by Gasteiger charge is -2.26. The number of guanidine groups is 1. The highest BCUT2D eigenvalue weighted by Crippen LogP contribution is 2.18. The number of piperidine rings is 1. The van der Waals surface area contributed by atoms with E-state index in [0.717, 1.165) is 38.7 Å². The molecule has 1 aromatic carbocycles. The van der Waals surface area contributed by atoms with Crippen LogP contribution < -0.4 is 15.5 Å². The lowest BCUT2D eigenvalue weighted by molar-refractivity contribution is 0.232. The average Bonchev–Trinajstić information content (AvgIpc) is 3.20. The van der Waals surface area contributed by atoms with Crippen LogP contribution in [0.5, 0.6) is 0 Å². The van der Waals surface area contributed by atoms with Crippen molar-refractivity contribution in [2.24, 2.45) is 4.99 Å². The monoisotopic (exact) mass is 341 g/mol. The number of aliphatic imine (C=N–C) groups is 1. The van der Waals surface area contributed by atoms with E-state index in [4.69, 9.17) is 0 Å². The third kappa shape index (κ3) is 5.49. The van der Waals surface area contributed by atoms with Gasteiger partial charge in [-0.05, 0) is 43.6 Å². The van der Waals surface area contributed by atoms with Crippen LogP contribution in [0.3, 0.4) is 0 Å². The van der Waals surface area contributed by atoms with E-state index in [1.807, 2.05) is 7.05 Å². The maximum atomic E-state index is 4.34. The zero-order valence-corrected chi connectivity index (χ0v) is 15.4. The number of anilines is 1. The standard InChI is InChI=1S/C20H31N5/c1-21-20(22-10-15-24-11-3-2-4-12-24)23-17-18-8-7-9-19(16-18)25-13-5-6-14-25/h5-9,16H,2-4,10-15,17H2,1H3,(H2,21,22,23). The van der Waals surface area contributed by atoms with Gasteiger partial charge in [-0.1, -0.05) is 30.7 Å². The molecular formula is C20H31N5. The fourth-order valence-electron chi connectivity index (χ4n) is 3.47. The molecule has 2 aliphatic rings. The van der Waals surface area contributed by atoms with E-state index in [0.29, 0.717) is 0 Å². The Morgan fingerprint density at radius 3 is 2.64 bits per heavy atom. The van der Waals surface area contributed by atoms with Crippen molar-refractivity contribution in [1.29, 1.82) is 0 Å². The molecule has 0 aromatic heterocycles. The molecular weight excluding hydrogens is 310 g/mol. The van der Waals surface area contributed by atoms with Crippen molar-refractivity contribution in [3.05, 3.63) is 42.0 Å². The van der Waals surface area contributed by atoms with Crippen molar-refractivity contribution >= 4 is 11.6 Å². The third-order valence-corrected chi connectivity index (χ3v) is 4.95. The SMILES string of the molecule is CN=C(NCCN1CCCCC1)NCc1cccc(N2CC=CC2)c1. The van der Waals surface area contributed by atoms with E-state index in [2.05, 4.69) is 61.8 Å². The Labute approximate surface area is 151 Å². The summed E-state index contributed by atoms with van der Waals surface area (Å²) in [5.74, 6) is 0.880. The molecule has 0 aliphatic carbocycles. The van der Waals surface area contributed by atoms with Crippen LogP contribution in [0.4, 0.5) is 5.69 Å². The Bertz CT molecular complexity index is 582. The van der Waals surface area contributed by atoms with Gasteiger partial charge in [0.15, 0.2) is 5.96 Å². The summed E-state index contributed by atoms with van der Waals surface area (Å²) in [6.45, 7) is 7.33. The molecule has 1 saturated heterocycles. The molecule has 1 aromatic rings. The fraction of sp³-hybridized carbons (Fsp3) is 0.550. The molecule has 5 heteroatoms. The summed E-state index contributed by atoms with van der Waals surface area (Å²) in [5.41, 5.74) is 2.57. The Hall–Kier alpha value is -2.01. The molecule has 0 saturated carbocycles. The fourth-order valence-corrected chi connectivity index (χ4v) is 3.47. The normalized spacial score (nSPS) is 18.6. The van der Waals surface area contributed by atoms with Crippen molar-refractivity contribution in [1.82, 2.24) is 15.5 Å². The Kier molecular flexibility index (Phi) is 6.74. The van der Waals surface area contributed by atoms with Gasteiger partial charge in [-0.3, -0.25) is 4.99 Å². The zero-order valence-electron chi connectivity index (χ0n) is 15.4. The van der Waals surface area contributed by atoms with Crippen molar-refractivity contribution in [2.75, 3.05) is 51.2 Å². The van der Waals surface area contributed by atoms with Gasteiger partial charge < -0.3 is 20.4 Å². The maximum Gasteiger partial charge on any atom is 0.191 e. The molecule has 2 aliphatic heterocycles. The Balaban J connectivity index is 1.42. The van der Waals surface area contributed by atoms with Crippen molar-refractivity contribution < 1.29 is 0 Å². The first-order chi connectivity index (χ1) is 12.3. The van der Waals surface area contributed by atoms with Gasteiger partial charge in [0.1, 0.15) is 0 Å². The van der Waals surface area contributed by atoms with Crippen LogP contribution in [0, 0.1) is 0 Å². The molecule has 3 rings (SSSR count). The van der Waals surface area contributed by atoms with Crippen molar-refractivity contribution in [3.8, 4) is 0 Å². The largest absolute Gasteiger partial charge is 0.364 e. The molecule has 0 amide bonds. The molecule has 2 N–H and O–H groups in total. The lowest BCUT2D eigenvalue weighted by atomic mass is 10.1. The first-order valence-corrected chi connectivity index (χ1v) is 9.51. The molecule has 0 atom stereocenters. The summed E-state index contributed by atoms with van der Waals surface area (Å²) >= 11 is 0. The maximum absolute atomic E-state index is 4.34. The average molecular weight is 342 g/mol. The van der Waals surface area contributed by atoms with Crippen LogP contribution in [-0.4, -0.2) is 57.2 Å². The minimum Gasteiger partial charge on any atom is -0.364 e. The first-order valence-electron chi connectivity index (χ1n) is 9.51. The number of hydrogen-bond acceptors (Lipinski definition) is 3. The van der Waals surface area contributed by atoms with E-state index in [9.17, 15) is 0 Å². The van der Waals surface area contributed by atoms with Crippen LogP contribution in [0.25, 0.3) is 0 Å². The van der Waals surface area contributed by atoms with Crippen LogP contribution in [0.1, 0.15) is 24.8 Å². The van der Waals surface area contributed by atoms with Gasteiger partial charge in [-0.25, -0.2) is 0 Å². The van der Waals surface area contributed by atoms with Crippen LogP contribution in [-0.2, 0) is 6.54 Å². The molecule has 5 nitrogen and oxygen atoms in total. The van der Waals surface area contributed by atoms with Gasteiger partial charge in [0.2, 0.25) is 0 Å². The second-order valence-corrected chi connectivity index (χ2v) is 6.80. The highest BCUT2D eigenvalue weighted by molar-refractivity contribution is 5.79. The highest BCUT2D eigenvalue weighted by Gasteiger charge is 2.10. The smallest absolute Gasteiger partial charge is 0.191 e. The number of rotatable bonds is 6. The van der Waals surface area contributed by atoms with E-state index in [1.165, 1.54) is 43.6 Å². The molecule has 0 unspecified atom stereocenters. The summed E-state index contributed by atoms with van der Waals surface area (Å²) in [4.78, 5) is 9.25. The van der Waals surface area contributed by atoms with E-state index in [-0.39, 0.29) is 0 Å². The van der Waals surface area contributed by atoms with Crippen molar-refractivity contribution in [3.63, 3.8) is 0 Å². The van der Waals surface area contributed by atoms with Gasteiger partial charge in [0, 0.05) is 45.5 Å². The quantitative estimate of drug-likeness (QED) is 0.473. The molecule has 25 heavy (non-hydrogen) atoms. The second-order valence-electron chi connectivity index (χ2n) is 6.80. The summed E-state index contributed by atoms with van der Waals surface area (Å²) in [7, 11) is 1.84. The number of likely N-dealkylation sites (tertiary alicyclic amines) is 1. The van der Waals surface area contributed by atoms with Gasteiger partial charge in [0.05, 0.1) is 0 Å². The number of nitrogens with zero attached hydrogens (tertiary/aromatic N) is 3. The molecule has 2 heterocycles. The van der Waals surface area contributed by atoms with E-state index < -0.39 is 0 Å². The van der Waals surface area contributed by atoms with Gasteiger partial charge in [0.25, 0.3) is 0 Å². The molecule has 0 bridgehead atoms. The van der Waals surface area contributed by atoms with Crippen LogP contribution in [0.2, 0.25) is 0 Å². The minimum absolute atomic E-state index is 0.790. The summed E-state index contributed by atoms with van der Waals surface area (Å²) < 4.78 is 0.